The fourth-order valence-corrected chi connectivity index (χ4v) is 1.67. The van der Waals surface area contributed by atoms with Gasteiger partial charge in [0.1, 0.15) is 0 Å². The summed E-state index contributed by atoms with van der Waals surface area (Å²) in [6.07, 6.45) is 3.30. The standard InChI is InChI=1S/C14H20ClN/c1-4-9-16-12(3)11(2)10-13-7-5-6-8-14(13)15/h5-8,10,12,16H,4,9H2,1-3H3/b11-10+. The van der Waals surface area contributed by atoms with Crippen LogP contribution < -0.4 is 5.32 Å². The summed E-state index contributed by atoms with van der Waals surface area (Å²) < 4.78 is 0. The van der Waals surface area contributed by atoms with Crippen LogP contribution in [0.2, 0.25) is 5.02 Å². The number of hydrogen-bond donors (Lipinski definition) is 1. The highest BCUT2D eigenvalue weighted by Crippen LogP contribution is 2.19. The Bertz CT molecular complexity index is 358. The van der Waals surface area contributed by atoms with Gasteiger partial charge in [0.25, 0.3) is 0 Å². The summed E-state index contributed by atoms with van der Waals surface area (Å²) in [4.78, 5) is 0. The molecular weight excluding hydrogens is 218 g/mol. The van der Waals surface area contributed by atoms with E-state index in [0.29, 0.717) is 6.04 Å². The van der Waals surface area contributed by atoms with Crippen LogP contribution in [0.5, 0.6) is 0 Å². The van der Waals surface area contributed by atoms with Crippen molar-refractivity contribution in [3.63, 3.8) is 0 Å². The second kappa shape index (κ2) is 6.72. The number of hydrogen-bond acceptors (Lipinski definition) is 1. The van der Waals surface area contributed by atoms with Gasteiger partial charge in [-0.1, -0.05) is 48.4 Å². The average Bonchev–Trinajstić information content (AvgIpc) is 2.28. The van der Waals surface area contributed by atoms with Crippen LogP contribution in [0.25, 0.3) is 6.08 Å². The lowest BCUT2D eigenvalue weighted by Gasteiger charge is -2.14. The molecule has 0 radical (unpaired) electrons. The normalized spacial score (nSPS) is 13.9. The van der Waals surface area contributed by atoms with E-state index in [9.17, 15) is 0 Å². The van der Waals surface area contributed by atoms with Gasteiger partial charge in [-0.15, -0.1) is 0 Å². The SMILES string of the molecule is CCCNC(C)/C(C)=C/c1ccccc1Cl. The summed E-state index contributed by atoms with van der Waals surface area (Å²) in [5.41, 5.74) is 2.40. The third-order valence-electron chi connectivity index (χ3n) is 2.67. The van der Waals surface area contributed by atoms with Crippen molar-refractivity contribution in [2.75, 3.05) is 6.54 Å². The highest BCUT2D eigenvalue weighted by atomic mass is 35.5. The first kappa shape index (κ1) is 13.3. The van der Waals surface area contributed by atoms with Crippen LogP contribution in [0, 0.1) is 0 Å². The van der Waals surface area contributed by atoms with E-state index in [0.717, 1.165) is 23.6 Å². The van der Waals surface area contributed by atoms with E-state index in [4.69, 9.17) is 11.6 Å². The Kier molecular flexibility index (Phi) is 5.58. The highest BCUT2D eigenvalue weighted by Gasteiger charge is 2.03. The quantitative estimate of drug-likeness (QED) is 0.812. The van der Waals surface area contributed by atoms with Crippen LogP contribution in [-0.2, 0) is 0 Å². The molecule has 0 saturated carbocycles. The number of rotatable bonds is 5. The summed E-state index contributed by atoms with van der Waals surface area (Å²) >= 11 is 6.11. The van der Waals surface area contributed by atoms with Crippen molar-refractivity contribution in [1.82, 2.24) is 5.32 Å². The summed E-state index contributed by atoms with van der Waals surface area (Å²) in [6.45, 7) is 7.54. The molecule has 1 atom stereocenters. The van der Waals surface area contributed by atoms with Gasteiger partial charge in [0.05, 0.1) is 0 Å². The highest BCUT2D eigenvalue weighted by molar-refractivity contribution is 6.32. The van der Waals surface area contributed by atoms with Crippen molar-refractivity contribution in [1.29, 1.82) is 0 Å². The molecule has 1 nitrogen and oxygen atoms in total. The van der Waals surface area contributed by atoms with Gasteiger partial charge in [0, 0.05) is 11.1 Å². The van der Waals surface area contributed by atoms with Gasteiger partial charge in [-0.2, -0.15) is 0 Å². The smallest absolute Gasteiger partial charge is 0.0478 e. The van der Waals surface area contributed by atoms with E-state index in [1.165, 1.54) is 5.57 Å². The minimum Gasteiger partial charge on any atom is -0.311 e. The molecule has 16 heavy (non-hydrogen) atoms. The molecule has 0 aromatic heterocycles. The monoisotopic (exact) mass is 237 g/mol. The van der Waals surface area contributed by atoms with Crippen molar-refractivity contribution < 1.29 is 0 Å². The molecule has 0 heterocycles. The van der Waals surface area contributed by atoms with Crippen LogP contribution >= 0.6 is 11.6 Å². The molecule has 1 aromatic rings. The largest absolute Gasteiger partial charge is 0.311 e. The summed E-state index contributed by atoms with van der Waals surface area (Å²) in [5, 5.41) is 4.27. The minimum absolute atomic E-state index is 0.399. The van der Waals surface area contributed by atoms with Gasteiger partial charge in [-0.3, -0.25) is 0 Å². The molecule has 88 valence electrons. The molecule has 1 N–H and O–H groups in total. The van der Waals surface area contributed by atoms with Gasteiger partial charge >= 0.3 is 0 Å². The minimum atomic E-state index is 0.399. The lowest BCUT2D eigenvalue weighted by Crippen LogP contribution is -2.27. The van der Waals surface area contributed by atoms with E-state index < -0.39 is 0 Å². The van der Waals surface area contributed by atoms with Crippen molar-refractivity contribution in [3.8, 4) is 0 Å². The molecule has 0 spiro atoms. The zero-order valence-electron chi connectivity index (χ0n) is 10.3. The predicted molar refractivity (Wildman–Crippen MR) is 72.9 cm³/mol. The van der Waals surface area contributed by atoms with Gasteiger partial charge in [0.2, 0.25) is 0 Å². The third-order valence-corrected chi connectivity index (χ3v) is 3.02. The number of benzene rings is 1. The van der Waals surface area contributed by atoms with E-state index >= 15 is 0 Å². The van der Waals surface area contributed by atoms with Crippen molar-refractivity contribution in [2.45, 2.75) is 33.2 Å². The lowest BCUT2D eigenvalue weighted by atomic mass is 10.1. The maximum atomic E-state index is 6.11. The van der Waals surface area contributed by atoms with Crippen LogP contribution in [0.4, 0.5) is 0 Å². The molecule has 0 aliphatic carbocycles. The predicted octanol–water partition coefficient (Wildman–Crippen LogP) is 4.13. The van der Waals surface area contributed by atoms with Crippen LogP contribution in [0.3, 0.4) is 0 Å². The molecule has 0 amide bonds. The first-order chi connectivity index (χ1) is 7.65. The summed E-state index contributed by atoms with van der Waals surface area (Å²) in [6, 6.07) is 8.32. The molecule has 0 bridgehead atoms. The zero-order chi connectivity index (χ0) is 12.0. The average molecular weight is 238 g/mol. The van der Waals surface area contributed by atoms with E-state index in [1.807, 2.05) is 24.3 Å². The van der Waals surface area contributed by atoms with Gasteiger partial charge in [-0.25, -0.2) is 0 Å². The van der Waals surface area contributed by atoms with Crippen molar-refractivity contribution in [3.05, 3.63) is 40.4 Å². The molecule has 1 aromatic carbocycles. The Morgan fingerprint density at radius 1 is 1.44 bits per heavy atom. The number of halogens is 1. The van der Waals surface area contributed by atoms with Crippen molar-refractivity contribution in [2.24, 2.45) is 0 Å². The Hall–Kier alpha value is -0.790. The Balaban J connectivity index is 2.72. The topological polar surface area (TPSA) is 12.0 Å². The second-order valence-corrected chi connectivity index (χ2v) is 4.49. The number of nitrogens with one attached hydrogen (secondary N) is 1. The van der Waals surface area contributed by atoms with Crippen molar-refractivity contribution >= 4 is 17.7 Å². The first-order valence-corrected chi connectivity index (χ1v) is 6.19. The van der Waals surface area contributed by atoms with E-state index in [1.54, 1.807) is 0 Å². The Morgan fingerprint density at radius 2 is 2.12 bits per heavy atom. The maximum absolute atomic E-state index is 6.11. The molecule has 1 unspecified atom stereocenters. The molecule has 1 rings (SSSR count). The second-order valence-electron chi connectivity index (χ2n) is 4.09. The summed E-state index contributed by atoms with van der Waals surface area (Å²) in [7, 11) is 0. The molecule has 0 fully saturated rings. The molecule has 2 heteroatoms. The van der Waals surface area contributed by atoms with Gasteiger partial charge < -0.3 is 5.32 Å². The fraction of sp³-hybridized carbons (Fsp3) is 0.429. The molecule has 0 aliphatic rings. The molecule has 0 saturated heterocycles. The van der Waals surface area contributed by atoms with Crippen LogP contribution in [-0.4, -0.2) is 12.6 Å². The van der Waals surface area contributed by atoms with E-state index in [2.05, 4.69) is 32.2 Å². The molecular formula is C14H20ClN. The Labute approximate surface area is 104 Å². The van der Waals surface area contributed by atoms with Gasteiger partial charge in [-0.05, 0) is 38.4 Å². The first-order valence-electron chi connectivity index (χ1n) is 5.81. The lowest BCUT2D eigenvalue weighted by molar-refractivity contribution is 0.604. The van der Waals surface area contributed by atoms with Crippen LogP contribution in [0.1, 0.15) is 32.8 Å². The molecule has 0 aliphatic heterocycles. The Morgan fingerprint density at radius 3 is 2.75 bits per heavy atom. The third kappa shape index (κ3) is 3.99. The zero-order valence-corrected chi connectivity index (χ0v) is 11.0. The van der Waals surface area contributed by atoms with Gasteiger partial charge in [0.15, 0.2) is 0 Å². The van der Waals surface area contributed by atoms with E-state index in [-0.39, 0.29) is 0 Å². The summed E-state index contributed by atoms with van der Waals surface area (Å²) in [5.74, 6) is 0. The fourth-order valence-electron chi connectivity index (χ4n) is 1.48. The van der Waals surface area contributed by atoms with Crippen LogP contribution in [0.15, 0.2) is 29.8 Å². The maximum Gasteiger partial charge on any atom is 0.0478 e.